The average Bonchev–Trinajstić information content (AvgIpc) is 2.56. The van der Waals surface area contributed by atoms with Crippen LogP contribution in [0.3, 0.4) is 0 Å². The Morgan fingerprint density at radius 3 is 2.30 bits per heavy atom. The van der Waals surface area contributed by atoms with Gasteiger partial charge in [-0.3, -0.25) is 9.52 Å². The number of rotatable bonds is 7. The summed E-state index contributed by atoms with van der Waals surface area (Å²) < 4.78 is 31.7. The van der Waals surface area contributed by atoms with E-state index in [0.29, 0.717) is 24.4 Å². The second kappa shape index (κ2) is 7.75. The molecule has 0 unspecified atom stereocenters. The van der Waals surface area contributed by atoms with Crippen LogP contribution in [0.15, 0.2) is 59.5 Å². The van der Waals surface area contributed by atoms with E-state index in [4.69, 9.17) is 4.74 Å². The number of anilines is 1. The first kappa shape index (κ1) is 17.0. The van der Waals surface area contributed by atoms with E-state index in [1.807, 2.05) is 0 Å². The summed E-state index contributed by atoms with van der Waals surface area (Å²) in [5.74, 6) is -0.237. The Hall–Kier alpha value is -2.38. The molecule has 0 radical (unpaired) electrons. The van der Waals surface area contributed by atoms with Crippen LogP contribution in [0.25, 0.3) is 0 Å². The highest BCUT2D eigenvalue weighted by molar-refractivity contribution is 7.92. The third-order valence-electron chi connectivity index (χ3n) is 3.04. The van der Waals surface area contributed by atoms with Crippen molar-refractivity contribution in [3.8, 4) is 0 Å². The molecular formula is C16H18N2O4S. The summed E-state index contributed by atoms with van der Waals surface area (Å²) in [6.07, 6.45) is 0. The Kier molecular flexibility index (Phi) is 5.72. The average molecular weight is 334 g/mol. The Morgan fingerprint density at radius 1 is 1.04 bits per heavy atom. The van der Waals surface area contributed by atoms with Gasteiger partial charge in [0.05, 0.1) is 11.5 Å². The zero-order chi connectivity index (χ0) is 16.7. The molecule has 0 saturated carbocycles. The van der Waals surface area contributed by atoms with Gasteiger partial charge < -0.3 is 10.1 Å². The Balaban J connectivity index is 2.04. The normalized spacial score (nSPS) is 11.0. The summed E-state index contributed by atoms with van der Waals surface area (Å²) in [5.41, 5.74) is 0.839. The first-order valence-electron chi connectivity index (χ1n) is 6.98. The smallest absolute Gasteiger partial charge is 0.261 e. The molecule has 23 heavy (non-hydrogen) atoms. The van der Waals surface area contributed by atoms with Crippen LogP contribution in [0.2, 0.25) is 0 Å². The number of nitrogens with one attached hydrogen (secondary N) is 2. The summed E-state index contributed by atoms with van der Waals surface area (Å²) in [6.45, 7) is 0.846. The number of hydrogen-bond donors (Lipinski definition) is 2. The number of hydrogen-bond acceptors (Lipinski definition) is 4. The van der Waals surface area contributed by atoms with E-state index in [0.717, 1.165) is 0 Å². The lowest BCUT2D eigenvalue weighted by Gasteiger charge is -2.09. The van der Waals surface area contributed by atoms with Gasteiger partial charge >= 0.3 is 0 Å². The van der Waals surface area contributed by atoms with E-state index in [9.17, 15) is 13.2 Å². The van der Waals surface area contributed by atoms with Crippen LogP contribution in [0, 0.1) is 0 Å². The molecule has 0 spiro atoms. The molecule has 6 nitrogen and oxygen atoms in total. The molecule has 0 atom stereocenters. The van der Waals surface area contributed by atoms with Gasteiger partial charge in [0.25, 0.3) is 15.9 Å². The van der Waals surface area contributed by atoms with Crippen LogP contribution in [0.4, 0.5) is 5.69 Å². The van der Waals surface area contributed by atoms with Crippen LogP contribution in [-0.4, -0.2) is 34.6 Å². The summed E-state index contributed by atoms with van der Waals surface area (Å²) in [5, 5.41) is 2.69. The molecule has 0 aliphatic rings. The zero-order valence-electron chi connectivity index (χ0n) is 12.7. The number of ether oxygens (including phenoxy) is 1. The third-order valence-corrected chi connectivity index (χ3v) is 4.44. The van der Waals surface area contributed by atoms with Gasteiger partial charge in [0.2, 0.25) is 0 Å². The van der Waals surface area contributed by atoms with Gasteiger partial charge in [-0.25, -0.2) is 8.42 Å². The van der Waals surface area contributed by atoms with E-state index in [-0.39, 0.29) is 10.8 Å². The zero-order valence-corrected chi connectivity index (χ0v) is 13.5. The molecule has 0 aliphatic heterocycles. The fourth-order valence-corrected chi connectivity index (χ4v) is 2.95. The summed E-state index contributed by atoms with van der Waals surface area (Å²) >= 11 is 0. The fourth-order valence-electron chi connectivity index (χ4n) is 1.87. The van der Waals surface area contributed by atoms with E-state index >= 15 is 0 Å². The van der Waals surface area contributed by atoms with Gasteiger partial charge in [-0.2, -0.15) is 0 Å². The van der Waals surface area contributed by atoms with Crippen molar-refractivity contribution in [1.82, 2.24) is 5.32 Å². The van der Waals surface area contributed by atoms with Crippen LogP contribution < -0.4 is 10.0 Å². The molecule has 0 bridgehead atoms. The summed E-state index contributed by atoms with van der Waals surface area (Å²) in [7, 11) is -2.08. The molecule has 0 aromatic heterocycles. The first-order valence-corrected chi connectivity index (χ1v) is 8.46. The first-order chi connectivity index (χ1) is 11.0. The van der Waals surface area contributed by atoms with Gasteiger partial charge in [-0.15, -0.1) is 0 Å². The van der Waals surface area contributed by atoms with Gasteiger partial charge in [0, 0.05) is 24.9 Å². The van der Waals surface area contributed by atoms with Gasteiger partial charge in [-0.1, -0.05) is 18.2 Å². The number of methoxy groups -OCH3 is 1. The summed E-state index contributed by atoms with van der Waals surface area (Å²) in [4.78, 5) is 12.0. The SMILES string of the molecule is COCCNC(=O)c1ccc(NS(=O)(=O)c2ccccc2)cc1. The number of sulfonamides is 1. The predicted molar refractivity (Wildman–Crippen MR) is 87.9 cm³/mol. The largest absolute Gasteiger partial charge is 0.383 e. The molecule has 2 N–H and O–H groups in total. The van der Waals surface area contributed by atoms with Crippen molar-refractivity contribution in [2.24, 2.45) is 0 Å². The Morgan fingerprint density at radius 2 is 1.70 bits per heavy atom. The van der Waals surface area contributed by atoms with Crippen molar-refractivity contribution in [3.63, 3.8) is 0 Å². The van der Waals surface area contributed by atoms with Crippen LogP contribution in [-0.2, 0) is 14.8 Å². The number of benzene rings is 2. The van der Waals surface area contributed by atoms with Crippen molar-refractivity contribution in [3.05, 3.63) is 60.2 Å². The second-order valence-electron chi connectivity index (χ2n) is 4.74. The minimum Gasteiger partial charge on any atom is -0.383 e. The van der Waals surface area contributed by atoms with Crippen molar-refractivity contribution in [2.75, 3.05) is 25.0 Å². The lowest BCUT2D eigenvalue weighted by atomic mass is 10.2. The maximum Gasteiger partial charge on any atom is 0.261 e. The Bertz CT molecular complexity index is 743. The van der Waals surface area contributed by atoms with Crippen LogP contribution in [0.5, 0.6) is 0 Å². The Labute approximate surface area is 135 Å². The van der Waals surface area contributed by atoms with Gasteiger partial charge in [0.15, 0.2) is 0 Å². The van der Waals surface area contributed by atoms with Gasteiger partial charge in [-0.05, 0) is 36.4 Å². The third kappa shape index (κ3) is 4.80. The van der Waals surface area contributed by atoms with Crippen LogP contribution >= 0.6 is 0 Å². The number of amides is 1. The van der Waals surface area contributed by atoms with Crippen molar-refractivity contribution >= 4 is 21.6 Å². The molecule has 2 aromatic rings. The topological polar surface area (TPSA) is 84.5 Å². The quantitative estimate of drug-likeness (QED) is 0.757. The molecular weight excluding hydrogens is 316 g/mol. The number of carbonyl (C=O) groups is 1. The molecule has 1 amide bonds. The predicted octanol–water partition coefficient (Wildman–Crippen LogP) is 1.86. The minimum absolute atomic E-state index is 0.182. The maximum absolute atomic E-state index is 12.2. The number of carbonyl (C=O) groups excluding carboxylic acids is 1. The van der Waals surface area contributed by atoms with E-state index in [2.05, 4.69) is 10.0 Å². The monoisotopic (exact) mass is 334 g/mol. The van der Waals surface area contributed by atoms with Crippen molar-refractivity contribution < 1.29 is 17.9 Å². The highest BCUT2D eigenvalue weighted by Crippen LogP contribution is 2.16. The second-order valence-corrected chi connectivity index (χ2v) is 6.43. The lowest BCUT2D eigenvalue weighted by Crippen LogP contribution is -2.26. The highest BCUT2D eigenvalue weighted by atomic mass is 32.2. The van der Waals surface area contributed by atoms with Crippen LogP contribution in [0.1, 0.15) is 10.4 Å². The lowest BCUT2D eigenvalue weighted by molar-refractivity contribution is 0.0937. The van der Waals surface area contributed by atoms with E-state index in [1.54, 1.807) is 49.6 Å². The molecule has 2 aromatic carbocycles. The molecule has 7 heteroatoms. The maximum atomic E-state index is 12.2. The standard InChI is InChI=1S/C16H18N2O4S/c1-22-12-11-17-16(19)13-7-9-14(10-8-13)18-23(20,21)15-5-3-2-4-6-15/h2-10,18H,11-12H2,1H3,(H,17,19). The van der Waals surface area contributed by atoms with Gasteiger partial charge in [0.1, 0.15) is 0 Å². The van der Waals surface area contributed by atoms with E-state index < -0.39 is 10.0 Å². The molecule has 122 valence electrons. The minimum atomic E-state index is -3.63. The summed E-state index contributed by atoms with van der Waals surface area (Å²) in [6, 6.07) is 14.3. The molecule has 2 rings (SSSR count). The molecule has 0 saturated heterocycles. The molecule has 0 aliphatic carbocycles. The van der Waals surface area contributed by atoms with E-state index in [1.165, 1.54) is 12.1 Å². The van der Waals surface area contributed by atoms with Crippen molar-refractivity contribution in [1.29, 1.82) is 0 Å². The molecule has 0 fully saturated rings. The molecule has 0 heterocycles. The van der Waals surface area contributed by atoms with Crippen molar-refractivity contribution in [2.45, 2.75) is 4.90 Å². The fraction of sp³-hybridized carbons (Fsp3) is 0.188. The highest BCUT2D eigenvalue weighted by Gasteiger charge is 2.13.